The van der Waals surface area contributed by atoms with E-state index >= 15 is 0 Å². The standard InChI is InChI=1S/C31H45NO3/c1-28(2)20-7-9-30(28,5)24(17-20)22-15-19(27(34)32-11-13-35-14-12-32)16-23(26(22)33)25-18-21-8-10-31(25,6)29(21,3)4/h15-16,20-21,24-25,33H,7-14,17-18H2,1-6H3. The largest absolute Gasteiger partial charge is 0.507 e. The third-order valence-corrected chi connectivity index (χ3v) is 13.1. The van der Waals surface area contributed by atoms with Crippen LogP contribution in [0.5, 0.6) is 5.75 Å². The van der Waals surface area contributed by atoms with Gasteiger partial charge in [-0.3, -0.25) is 4.79 Å². The molecule has 5 aliphatic rings. The predicted octanol–water partition coefficient (Wildman–Crippen LogP) is 6.72. The fraction of sp³-hybridized carbons (Fsp3) is 0.774. The molecule has 1 amide bonds. The number of fused-ring (bicyclic) bond motifs is 4. The number of carbonyl (C=O) groups is 1. The highest BCUT2D eigenvalue weighted by molar-refractivity contribution is 5.95. The van der Waals surface area contributed by atoms with E-state index in [0.29, 0.717) is 55.7 Å². The molecule has 4 aliphatic carbocycles. The Kier molecular flexibility index (Phi) is 5.10. The van der Waals surface area contributed by atoms with Crippen LogP contribution in [-0.2, 0) is 4.74 Å². The lowest BCUT2D eigenvalue weighted by atomic mass is 9.63. The molecule has 4 saturated carbocycles. The van der Waals surface area contributed by atoms with E-state index in [0.717, 1.165) is 29.5 Å². The van der Waals surface area contributed by atoms with Crippen LogP contribution in [0.3, 0.4) is 0 Å². The van der Waals surface area contributed by atoms with Crippen LogP contribution in [0.25, 0.3) is 0 Å². The molecule has 4 nitrogen and oxygen atoms in total. The molecule has 6 atom stereocenters. The normalized spacial score (nSPS) is 41.0. The van der Waals surface area contributed by atoms with E-state index < -0.39 is 0 Å². The number of hydrogen-bond donors (Lipinski definition) is 1. The molecule has 1 aromatic carbocycles. The Morgan fingerprint density at radius 3 is 1.69 bits per heavy atom. The van der Waals surface area contributed by atoms with Gasteiger partial charge in [0.1, 0.15) is 5.75 Å². The zero-order valence-corrected chi connectivity index (χ0v) is 22.7. The van der Waals surface area contributed by atoms with E-state index in [4.69, 9.17) is 4.74 Å². The van der Waals surface area contributed by atoms with Crippen LogP contribution < -0.4 is 0 Å². The fourth-order valence-corrected chi connectivity index (χ4v) is 9.63. The summed E-state index contributed by atoms with van der Waals surface area (Å²) >= 11 is 0. The molecule has 5 fully saturated rings. The molecular formula is C31H45NO3. The fourth-order valence-electron chi connectivity index (χ4n) is 9.63. The van der Waals surface area contributed by atoms with Crippen LogP contribution in [0.1, 0.15) is 113 Å². The summed E-state index contributed by atoms with van der Waals surface area (Å²) in [5.41, 5.74) is 3.73. The van der Waals surface area contributed by atoms with Crippen molar-refractivity contribution in [3.05, 3.63) is 28.8 Å². The van der Waals surface area contributed by atoms with Crippen molar-refractivity contribution in [1.82, 2.24) is 4.90 Å². The average Bonchev–Trinajstić information content (AvgIpc) is 3.36. The van der Waals surface area contributed by atoms with Crippen LogP contribution in [0, 0.1) is 33.5 Å². The summed E-state index contributed by atoms with van der Waals surface area (Å²) in [6.07, 6.45) is 7.25. The van der Waals surface area contributed by atoms with E-state index in [-0.39, 0.29) is 27.6 Å². The van der Waals surface area contributed by atoms with Crippen molar-refractivity contribution in [3.63, 3.8) is 0 Å². The number of nitrogens with zero attached hydrogens (tertiary/aromatic N) is 1. The molecule has 1 aliphatic heterocycles. The number of ether oxygens (including phenoxy) is 1. The highest BCUT2D eigenvalue weighted by Gasteiger charge is 2.64. The minimum Gasteiger partial charge on any atom is -0.507 e. The van der Waals surface area contributed by atoms with E-state index in [9.17, 15) is 9.90 Å². The molecule has 1 aromatic rings. The molecule has 192 valence electrons. The molecule has 0 aromatic heterocycles. The summed E-state index contributed by atoms with van der Waals surface area (Å²) in [5.74, 6) is 2.62. The minimum atomic E-state index is 0.107. The number of rotatable bonds is 3. The van der Waals surface area contributed by atoms with Gasteiger partial charge >= 0.3 is 0 Å². The SMILES string of the molecule is CC1(C)C2CCC1(C)C(c1cc(C(=O)N3CCOCC3)cc(C3CC4CCC3(C)C4(C)C)c1O)C2. The second kappa shape index (κ2) is 7.49. The predicted molar refractivity (Wildman–Crippen MR) is 139 cm³/mol. The highest BCUT2D eigenvalue weighted by atomic mass is 16.5. The molecule has 0 spiro atoms. The van der Waals surface area contributed by atoms with Crippen LogP contribution in [-0.4, -0.2) is 42.2 Å². The highest BCUT2D eigenvalue weighted by Crippen LogP contribution is 2.74. The molecule has 4 bridgehead atoms. The number of benzene rings is 1. The molecule has 4 heteroatoms. The van der Waals surface area contributed by atoms with Crippen molar-refractivity contribution in [3.8, 4) is 5.75 Å². The van der Waals surface area contributed by atoms with Crippen molar-refractivity contribution >= 4 is 5.91 Å². The zero-order chi connectivity index (χ0) is 25.0. The monoisotopic (exact) mass is 479 g/mol. The lowest BCUT2D eigenvalue weighted by molar-refractivity contribution is 0.0302. The second-order valence-electron chi connectivity index (χ2n) is 14.2. The number of amides is 1. The van der Waals surface area contributed by atoms with E-state index in [2.05, 4.69) is 53.7 Å². The Labute approximate surface area is 211 Å². The summed E-state index contributed by atoms with van der Waals surface area (Å²) in [4.78, 5) is 15.7. The smallest absolute Gasteiger partial charge is 0.254 e. The third-order valence-electron chi connectivity index (χ3n) is 13.1. The Morgan fingerprint density at radius 2 is 1.31 bits per heavy atom. The number of carbonyl (C=O) groups excluding carboxylic acids is 1. The van der Waals surface area contributed by atoms with Crippen molar-refractivity contribution in [2.45, 2.75) is 91.9 Å². The molecule has 1 saturated heterocycles. The van der Waals surface area contributed by atoms with E-state index in [1.54, 1.807) is 0 Å². The van der Waals surface area contributed by atoms with Gasteiger partial charge in [-0.25, -0.2) is 0 Å². The molecular weight excluding hydrogens is 434 g/mol. The van der Waals surface area contributed by atoms with Gasteiger partial charge in [0.05, 0.1) is 13.2 Å². The van der Waals surface area contributed by atoms with Crippen molar-refractivity contribution in [1.29, 1.82) is 0 Å². The maximum absolute atomic E-state index is 13.8. The quantitative estimate of drug-likeness (QED) is 0.523. The summed E-state index contributed by atoms with van der Waals surface area (Å²) < 4.78 is 5.52. The first kappa shape index (κ1) is 23.8. The van der Waals surface area contributed by atoms with Crippen molar-refractivity contribution in [2.24, 2.45) is 33.5 Å². The Morgan fingerprint density at radius 1 is 0.857 bits per heavy atom. The molecule has 0 radical (unpaired) electrons. The minimum absolute atomic E-state index is 0.107. The first-order chi connectivity index (χ1) is 16.4. The molecule has 1 N–H and O–H groups in total. The average molecular weight is 480 g/mol. The lowest BCUT2D eigenvalue weighted by Gasteiger charge is -2.42. The Balaban J connectivity index is 1.48. The van der Waals surface area contributed by atoms with Crippen LogP contribution in [0.15, 0.2) is 12.1 Å². The molecule has 6 unspecified atom stereocenters. The topological polar surface area (TPSA) is 49.8 Å². The lowest BCUT2D eigenvalue weighted by Crippen LogP contribution is -2.41. The summed E-state index contributed by atoms with van der Waals surface area (Å²) in [6, 6.07) is 4.17. The van der Waals surface area contributed by atoms with Gasteiger partial charge in [0, 0.05) is 18.7 Å². The number of hydrogen-bond acceptors (Lipinski definition) is 3. The van der Waals surface area contributed by atoms with Gasteiger partial charge < -0.3 is 14.7 Å². The van der Waals surface area contributed by atoms with Gasteiger partial charge in [0.2, 0.25) is 0 Å². The number of phenols is 1. The third kappa shape index (κ3) is 2.98. The molecule has 1 heterocycles. The van der Waals surface area contributed by atoms with Gasteiger partial charge in [-0.05, 0) is 107 Å². The number of phenolic OH excluding ortho intramolecular Hbond substituents is 1. The van der Waals surface area contributed by atoms with Gasteiger partial charge in [0.15, 0.2) is 0 Å². The first-order valence-electron chi connectivity index (χ1n) is 14.2. The Hall–Kier alpha value is -1.55. The zero-order valence-electron chi connectivity index (χ0n) is 22.7. The first-order valence-corrected chi connectivity index (χ1v) is 14.2. The molecule has 6 rings (SSSR count). The van der Waals surface area contributed by atoms with Gasteiger partial charge in [0.25, 0.3) is 5.91 Å². The van der Waals surface area contributed by atoms with Crippen LogP contribution in [0.2, 0.25) is 0 Å². The number of aromatic hydroxyl groups is 1. The summed E-state index contributed by atoms with van der Waals surface area (Å²) in [7, 11) is 0. The summed E-state index contributed by atoms with van der Waals surface area (Å²) in [5, 5.41) is 12.0. The number of morpholine rings is 1. The second-order valence-corrected chi connectivity index (χ2v) is 14.2. The van der Waals surface area contributed by atoms with Crippen molar-refractivity contribution in [2.75, 3.05) is 26.3 Å². The Bertz CT molecular complexity index is 988. The van der Waals surface area contributed by atoms with Crippen molar-refractivity contribution < 1.29 is 14.6 Å². The summed E-state index contributed by atoms with van der Waals surface area (Å²) in [6.45, 7) is 17.1. The maximum atomic E-state index is 13.8. The van der Waals surface area contributed by atoms with E-state index in [1.807, 2.05) is 4.90 Å². The molecule has 35 heavy (non-hydrogen) atoms. The van der Waals surface area contributed by atoms with Crippen LogP contribution in [0.4, 0.5) is 0 Å². The van der Waals surface area contributed by atoms with Gasteiger partial charge in [-0.15, -0.1) is 0 Å². The van der Waals surface area contributed by atoms with Crippen LogP contribution >= 0.6 is 0 Å². The van der Waals surface area contributed by atoms with Gasteiger partial charge in [-0.2, -0.15) is 0 Å². The van der Waals surface area contributed by atoms with E-state index in [1.165, 1.54) is 25.7 Å². The van der Waals surface area contributed by atoms with Gasteiger partial charge in [-0.1, -0.05) is 41.5 Å². The maximum Gasteiger partial charge on any atom is 0.254 e.